The summed E-state index contributed by atoms with van der Waals surface area (Å²) < 4.78 is 26.9. The van der Waals surface area contributed by atoms with Gasteiger partial charge in [0.15, 0.2) is 0 Å². The van der Waals surface area contributed by atoms with Gasteiger partial charge in [0.25, 0.3) is 0 Å². The van der Waals surface area contributed by atoms with Crippen molar-refractivity contribution in [2.45, 2.75) is 43.4 Å². The van der Waals surface area contributed by atoms with E-state index in [1.165, 1.54) is 11.3 Å². The third-order valence-electron chi connectivity index (χ3n) is 2.30. The van der Waals surface area contributed by atoms with E-state index in [2.05, 4.69) is 25.5 Å². The second-order valence-electron chi connectivity index (χ2n) is 5.13. The van der Waals surface area contributed by atoms with Gasteiger partial charge in [0.1, 0.15) is 4.21 Å². The fraction of sp³-hybridized carbons (Fsp3) is 0.636. The summed E-state index contributed by atoms with van der Waals surface area (Å²) in [6.07, 6.45) is 0. The molecule has 1 aromatic heterocycles. The van der Waals surface area contributed by atoms with E-state index < -0.39 is 10.0 Å². The minimum absolute atomic E-state index is 0. The number of nitrogens with one attached hydrogen (secondary N) is 1. The topological polar surface area (TPSA) is 72.2 Å². The second-order valence-corrected chi connectivity index (χ2v) is 8.15. The van der Waals surface area contributed by atoms with Crippen molar-refractivity contribution in [2.75, 3.05) is 6.54 Å². The highest BCUT2D eigenvalue weighted by atomic mass is 35.5. The Morgan fingerprint density at radius 3 is 2.33 bits per heavy atom. The highest BCUT2D eigenvalue weighted by molar-refractivity contribution is 7.91. The first-order chi connectivity index (χ1) is 7.66. The smallest absolute Gasteiger partial charge is 0.250 e. The third-order valence-corrected chi connectivity index (χ3v) is 5.89. The van der Waals surface area contributed by atoms with Crippen LogP contribution in [0.25, 0.3) is 0 Å². The number of hydrogen-bond donors (Lipinski definition) is 2. The van der Waals surface area contributed by atoms with Crippen molar-refractivity contribution < 1.29 is 8.42 Å². The minimum Gasteiger partial charge on any atom is -0.329 e. The molecule has 7 heteroatoms. The van der Waals surface area contributed by atoms with Crippen LogP contribution in [0.2, 0.25) is 0 Å². The summed E-state index contributed by atoms with van der Waals surface area (Å²) in [4.78, 5) is 1.05. The fourth-order valence-corrected chi connectivity index (χ4v) is 3.88. The van der Waals surface area contributed by atoms with E-state index in [1.54, 1.807) is 13.0 Å². The maximum Gasteiger partial charge on any atom is 0.250 e. The van der Waals surface area contributed by atoms with E-state index in [4.69, 9.17) is 5.73 Å². The molecule has 0 saturated heterocycles. The van der Waals surface area contributed by atoms with Gasteiger partial charge >= 0.3 is 0 Å². The predicted molar refractivity (Wildman–Crippen MR) is 79.1 cm³/mol. The van der Waals surface area contributed by atoms with Crippen molar-refractivity contribution in [3.8, 4) is 0 Å². The Morgan fingerprint density at radius 2 is 1.94 bits per heavy atom. The van der Waals surface area contributed by atoms with Gasteiger partial charge in [-0.3, -0.25) is 0 Å². The Hall–Kier alpha value is -0.140. The summed E-state index contributed by atoms with van der Waals surface area (Å²) in [5.74, 6) is 0. The first-order valence-corrected chi connectivity index (χ1v) is 7.79. The maximum atomic E-state index is 12.0. The van der Waals surface area contributed by atoms with Crippen LogP contribution < -0.4 is 10.5 Å². The standard InChI is InChI=1S/C11H20N2O2S2.ClH/c1-8(7-12)13-17(14,15)10-6-5-9(16-10)11(2,3)4;/h5-6,8,13H,7,12H2,1-4H3;1H/t8-;/m0./s1. The first kappa shape index (κ1) is 17.9. The monoisotopic (exact) mass is 312 g/mol. The molecule has 0 aliphatic carbocycles. The zero-order valence-corrected chi connectivity index (χ0v) is 13.5. The number of rotatable bonds is 4. The van der Waals surface area contributed by atoms with Crippen molar-refractivity contribution in [3.05, 3.63) is 17.0 Å². The largest absolute Gasteiger partial charge is 0.329 e. The molecule has 1 aromatic rings. The Labute approximate surface area is 119 Å². The van der Waals surface area contributed by atoms with E-state index in [0.29, 0.717) is 4.21 Å². The molecule has 1 rings (SSSR count). The number of sulfonamides is 1. The van der Waals surface area contributed by atoms with Crippen LogP contribution in [0.1, 0.15) is 32.6 Å². The van der Waals surface area contributed by atoms with Gasteiger partial charge in [-0.25, -0.2) is 13.1 Å². The van der Waals surface area contributed by atoms with E-state index >= 15 is 0 Å². The van der Waals surface area contributed by atoms with E-state index in [9.17, 15) is 8.42 Å². The number of halogens is 1. The van der Waals surface area contributed by atoms with Gasteiger partial charge in [-0.05, 0) is 24.5 Å². The molecule has 0 unspecified atom stereocenters. The number of thiophene rings is 1. The van der Waals surface area contributed by atoms with Gasteiger partial charge < -0.3 is 5.73 Å². The van der Waals surface area contributed by atoms with Crippen LogP contribution in [0.4, 0.5) is 0 Å². The molecule has 0 bridgehead atoms. The van der Waals surface area contributed by atoms with E-state index in [0.717, 1.165) is 4.88 Å². The highest BCUT2D eigenvalue weighted by Gasteiger charge is 2.22. The SMILES string of the molecule is C[C@@H](CN)NS(=O)(=O)c1ccc(C(C)(C)C)s1.Cl. The van der Waals surface area contributed by atoms with Gasteiger partial charge in [0.05, 0.1) is 0 Å². The van der Waals surface area contributed by atoms with E-state index in [-0.39, 0.29) is 30.4 Å². The Bertz CT molecular complexity index is 477. The molecular weight excluding hydrogens is 292 g/mol. The molecule has 0 aliphatic heterocycles. The fourth-order valence-electron chi connectivity index (χ4n) is 1.24. The van der Waals surface area contributed by atoms with Crippen molar-refractivity contribution in [1.82, 2.24) is 4.72 Å². The number of nitrogens with two attached hydrogens (primary N) is 1. The average molecular weight is 313 g/mol. The highest BCUT2D eigenvalue weighted by Crippen LogP contribution is 2.31. The summed E-state index contributed by atoms with van der Waals surface area (Å²) >= 11 is 1.31. The van der Waals surface area contributed by atoms with Gasteiger partial charge in [-0.1, -0.05) is 20.8 Å². The summed E-state index contributed by atoms with van der Waals surface area (Å²) in [5, 5.41) is 0. The van der Waals surface area contributed by atoms with Crippen LogP contribution in [-0.4, -0.2) is 21.0 Å². The van der Waals surface area contributed by atoms with Crippen molar-refractivity contribution in [3.63, 3.8) is 0 Å². The molecule has 0 saturated carbocycles. The molecular formula is C11H21ClN2O2S2. The summed E-state index contributed by atoms with van der Waals surface area (Å²) in [7, 11) is -3.42. The molecule has 18 heavy (non-hydrogen) atoms. The lowest BCUT2D eigenvalue weighted by molar-refractivity contribution is 0.564. The minimum atomic E-state index is -3.42. The average Bonchev–Trinajstić information content (AvgIpc) is 2.65. The molecule has 0 fully saturated rings. The molecule has 4 nitrogen and oxygen atoms in total. The Kier molecular flexibility index (Phi) is 6.29. The maximum absolute atomic E-state index is 12.0. The lowest BCUT2D eigenvalue weighted by Crippen LogP contribution is -2.37. The van der Waals surface area contributed by atoms with Crippen LogP contribution in [0.5, 0.6) is 0 Å². The molecule has 3 N–H and O–H groups in total. The van der Waals surface area contributed by atoms with Gasteiger partial charge in [0.2, 0.25) is 10.0 Å². The van der Waals surface area contributed by atoms with Gasteiger partial charge in [-0.15, -0.1) is 23.7 Å². The zero-order valence-electron chi connectivity index (χ0n) is 11.1. The number of hydrogen-bond acceptors (Lipinski definition) is 4. The van der Waals surface area contributed by atoms with Crippen LogP contribution in [0.15, 0.2) is 16.3 Å². The molecule has 106 valence electrons. The van der Waals surface area contributed by atoms with Gasteiger partial charge in [0, 0.05) is 17.5 Å². The summed E-state index contributed by atoms with van der Waals surface area (Å²) in [6, 6.07) is 3.27. The molecule has 1 atom stereocenters. The van der Waals surface area contributed by atoms with Crippen molar-refractivity contribution in [2.24, 2.45) is 5.73 Å². The zero-order chi connectivity index (χ0) is 13.3. The van der Waals surface area contributed by atoms with Gasteiger partial charge in [-0.2, -0.15) is 0 Å². The lowest BCUT2D eigenvalue weighted by Gasteiger charge is -2.15. The van der Waals surface area contributed by atoms with Crippen molar-refractivity contribution >= 4 is 33.8 Å². The van der Waals surface area contributed by atoms with E-state index in [1.807, 2.05) is 6.07 Å². The van der Waals surface area contributed by atoms with Crippen LogP contribution >= 0.6 is 23.7 Å². The normalized spacial score (nSPS) is 14.1. The van der Waals surface area contributed by atoms with Crippen LogP contribution in [0, 0.1) is 0 Å². The van der Waals surface area contributed by atoms with Crippen molar-refractivity contribution in [1.29, 1.82) is 0 Å². The molecule has 0 amide bonds. The Balaban J connectivity index is 0.00000289. The quantitative estimate of drug-likeness (QED) is 0.894. The molecule has 1 heterocycles. The summed E-state index contributed by atoms with van der Waals surface area (Å²) in [6.45, 7) is 8.22. The Morgan fingerprint density at radius 1 is 1.39 bits per heavy atom. The first-order valence-electron chi connectivity index (χ1n) is 5.49. The predicted octanol–water partition coefficient (Wildman–Crippen LogP) is 2.09. The second kappa shape index (κ2) is 6.34. The molecule has 0 aromatic carbocycles. The third kappa shape index (κ3) is 4.51. The summed E-state index contributed by atoms with van der Waals surface area (Å²) in [5.41, 5.74) is 5.38. The molecule has 0 aliphatic rings. The lowest BCUT2D eigenvalue weighted by atomic mass is 9.95. The van der Waals surface area contributed by atoms with Crippen LogP contribution in [-0.2, 0) is 15.4 Å². The molecule has 0 radical (unpaired) electrons. The van der Waals surface area contributed by atoms with Crippen LogP contribution in [0.3, 0.4) is 0 Å². The molecule has 0 spiro atoms.